The average molecular weight is 355 g/mol. The van der Waals surface area contributed by atoms with Crippen LogP contribution in [-0.4, -0.2) is 34.6 Å². The topological polar surface area (TPSA) is 100 Å². The Morgan fingerprint density at radius 2 is 1.81 bits per heavy atom. The van der Waals surface area contributed by atoms with Gasteiger partial charge in [0.15, 0.2) is 0 Å². The number of aliphatic hydroxyl groups is 1. The van der Waals surface area contributed by atoms with E-state index in [1.54, 1.807) is 24.3 Å². The molecule has 7 nitrogen and oxygen atoms in total. The maximum Gasteiger partial charge on any atom is 0.263 e. The number of aliphatic hydroxyl groups excluding tert-OH is 1. The summed E-state index contributed by atoms with van der Waals surface area (Å²) in [6.07, 6.45) is 3.38. The van der Waals surface area contributed by atoms with Crippen LogP contribution in [0.2, 0.25) is 0 Å². The normalized spacial score (nSPS) is 13.3. The lowest BCUT2D eigenvalue weighted by molar-refractivity contribution is 0.0950. The number of rotatable bonds is 6. The Kier molecular flexibility index (Phi) is 5.18. The van der Waals surface area contributed by atoms with Crippen molar-refractivity contribution in [1.29, 1.82) is 0 Å². The number of aromatic nitrogens is 1. The molecule has 136 valence electrons. The van der Waals surface area contributed by atoms with E-state index in [9.17, 15) is 14.4 Å². The lowest BCUT2D eigenvalue weighted by atomic mass is 10.1. The molecule has 26 heavy (non-hydrogen) atoms. The van der Waals surface area contributed by atoms with Gasteiger partial charge in [0.1, 0.15) is 5.56 Å². The minimum Gasteiger partial charge on any atom is -0.392 e. The lowest BCUT2D eigenvalue weighted by Gasteiger charge is -2.12. The Bertz CT molecular complexity index is 883. The highest BCUT2D eigenvalue weighted by atomic mass is 16.3. The zero-order valence-electron chi connectivity index (χ0n) is 14.5. The number of hydrogen-bond donors (Lipinski definition) is 3. The number of hydrogen-bond acceptors (Lipinski definition) is 4. The fraction of sp³-hybridized carbons (Fsp3) is 0.316. The fourth-order valence-electron chi connectivity index (χ4n) is 2.62. The summed E-state index contributed by atoms with van der Waals surface area (Å²) in [5, 5.41) is 14.4. The molecule has 1 heterocycles. The van der Waals surface area contributed by atoms with Crippen LogP contribution in [0.15, 0.2) is 41.3 Å². The largest absolute Gasteiger partial charge is 0.392 e. The number of pyridine rings is 1. The monoisotopic (exact) mass is 355 g/mol. The molecule has 1 aromatic carbocycles. The second-order valence-corrected chi connectivity index (χ2v) is 6.38. The Morgan fingerprint density at radius 1 is 1.15 bits per heavy atom. The maximum atomic E-state index is 12.6. The molecule has 1 saturated carbocycles. The lowest BCUT2D eigenvalue weighted by Crippen LogP contribution is -2.34. The van der Waals surface area contributed by atoms with Crippen molar-refractivity contribution in [3.63, 3.8) is 0 Å². The van der Waals surface area contributed by atoms with Crippen molar-refractivity contribution in [3.8, 4) is 0 Å². The summed E-state index contributed by atoms with van der Waals surface area (Å²) in [6, 6.07) is 8.65. The van der Waals surface area contributed by atoms with Gasteiger partial charge in [0.05, 0.1) is 18.7 Å². The Morgan fingerprint density at radius 3 is 2.38 bits per heavy atom. The van der Waals surface area contributed by atoms with Gasteiger partial charge in [-0.1, -0.05) is 24.3 Å². The summed E-state index contributed by atoms with van der Waals surface area (Å²) < 4.78 is 1.36. The van der Waals surface area contributed by atoms with Crippen molar-refractivity contribution in [2.24, 2.45) is 0 Å². The molecule has 1 aliphatic carbocycles. The van der Waals surface area contributed by atoms with Gasteiger partial charge in [-0.25, -0.2) is 0 Å². The van der Waals surface area contributed by atoms with E-state index in [2.05, 4.69) is 10.6 Å². The fourth-order valence-corrected chi connectivity index (χ4v) is 2.62. The highest BCUT2D eigenvalue weighted by Gasteiger charge is 2.25. The van der Waals surface area contributed by atoms with Gasteiger partial charge in [-0.2, -0.15) is 0 Å². The summed E-state index contributed by atoms with van der Waals surface area (Å²) in [6.45, 7) is 0.164. The van der Waals surface area contributed by atoms with E-state index in [0.717, 1.165) is 24.0 Å². The molecule has 2 amide bonds. The van der Waals surface area contributed by atoms with E-state index < -0.39 is 11.5 Å². The summed E-state index contributed by atoms with van der Waals surface area (Å²) in [7, 11) is 1.44. The van der Waals surface area contributed by atoms with Crippen LogP contribution in [0.1, 0.15) is 44.7 Å². The van der Waals surface area contributed by atoms with Crippen molar-refractivity contribution >= 4 is 11.8 Å². The van der Waals surface area contributed by atoms with Gasteiger partial charge in [-0.05, 0) is 30.0 Å². The molecular weight excluding hydrogens is 334 g/mol. The second-order valence-electron chi connectivity index (χ2n) is 6.38. The van der Waals surface area contributed by atoms with Crippen molar-refractivity contribution < 1.29 is 14.7 Å². The third kappa shape index (κ3) is 4.00. The minimum atomic E-state index is -0.527. The molecule has 0 atom stereocenters. The van der Waals surface area contributed by atoms with Gasteiger partial charge in [0.25, 0.3) is 17.4 Å². The van der Waals surface area contributed by atoms with Crippen LogP contribution in [-0.2, 0) is 13.2 Å². The Balaban J connectivity index is 1.96. The third-order valence-electron chi connectivity index (χ3n) is 4.29. The van der Waals surface area contributed by atoms with Crippen LogP contribution < -0.4 is 16.2 Å². The number of benzene rings is 1. The van der Waals surface area contributed by atoms with Gasteiger partial charge >= 0.3 is 0 Å². The maximum absolute atomic E-state index is 12.6. The van der Waals surface area contributed by atoms with Crippen LogP contribution in [0.5, 0.6) is 0 Å². The van der Waals surface area contributed by atoms with E-state index in [-0.39, 0.29) is 36.2 Å². The van der Waals surface area contributed by atoms with E-state index in [0.29, 0.717) is 0 Å². The predicted molar refractivity (Wildman–Crippen MR) is 96.0 cm³/mol. The molecule has 0 radical (unpaired) electrons. The van der Waals surface area contributed by atoms with Crippen molar-refractivity contribution in [3.05, 3.63) is 69.1 Å². The molecule has 1 fully saturated rings. The molecular formula is C19H21N3O4. The average Bonchev–Trinajstić information content (AvgIpc) is 3.47. The number of nitrogens with one attached hydrogen (secondary N) is 2. The van der Waals surface area contributed by atoms with E-state index >= 15 is 0 Å². The summed E-state index contributed by atoms with van der Waals surface area (Å²) >= 11 is 0. The second kappa shape index (κ2) is 7.53. The quantitative estimate of drug-likeness (QED) is 0.708. The minimum absolute atomic E-state index is 0.0577. The summed E-state index contributed by atoms with van der Waals surface area (Å²) in [5.74, 6) is -0.817. The van der Waals surface area contributed by atoms with Gasteiger partial charge in [0, 0.05) is 19.3 Å². The zero-order valence-corrected chi connectivity index (χ0v) is 14.5. The Labute approximate surface area is 150 Å². The first-order valence-electron chi connectivity index (χ1n) is 8.48. The van der Waals surface area contributed by atoms with Crippen LogP contribution in [0, 0.1) is 0 Å². The SMILES string of the molecule is CNC(=O)c1cc(C(=O)NC2CC2)cn(Cc2ccc(CO)cc2)c1=O. The predicted octanol–water partition coefficient (Wildman–Crippen LogP) is 0.641. The number of carbonyl (C=O) groups is 2. The van der Waals surface area contributed by atoms with Crippen LogP contribution in [0.4, 0.5) is 0 Å². The number of amides is 2. The molecule has 1 aromatic heterocycles. The first kappa shape index (κ1) is 17.9. The molecule has 0 saturated heterocycles. The molecule has 0 bridgehead atoms. The summed E-state index contributed by atoms with van der Waals surface area (Å²) in [4.78, 5) is 37.1. The molecule has 7 heteroatoms. The van der Waals surface area contributed by atoms with Crippen LogP contribution >= 0.6 is 0 Å². The number of nitrogens with zero attached hydrogens (tertiary/aromatic N) is 1. The van der Waals surface area contributed by atoms with Gasteiger partial charge in [0.2, 0.25) is 0 Å². The van der Waals surface area contributed by atoms with E-state index in [1.807, 2.05) is 0 Å². The van der Waals surface area contributed by atoms with Crippen molar-refractivity contribution in [1.82, 2.24) is 15.2 Å². The number of carbonyl (C=O) groups excluding carboxylic acids is 2. The Hall–Kier alpha value is -2.93. The van der Waals surface area contributed by atoms with Crippen LogP contribution in [0.3, 0.4) is 0 Å². The molecule has 2 aromatic rings. The molecule has 0 aliphatic heterocycles. The van der Waals surface area contributed by atoms with E-state index in [1.165, 1.54) is 23.9 Å². The smallest absolute Gasteiger partial charge is 0.263 e. The highest BCUT2D eigenvalue weighted by Crippen LogP contribution is 2.19. The molecule has 0 unspecified atom stereocenters. The highest BCUT2D eigenvalue weighted by molar-refractivity contribution is 5.99. The first-order valence-corrected chi connectivity index (χ1v) is 8.48. The van der Waals surface area contributed by atoms with Crippen molar-refractivity contribution in [2.75, 3.05) is 7.05 Å². The molecule has 1 aliphatic rings. The van der Waals surface area contributed by atoms with Gasteiger partial charge < -0.3 is 20.3 Å². The van der Waals surface area contributed by atoms with Crippen molar-refractivity contribution in [2.45, 2.75) is 32.0 Å². The zero-order chi connectivity index (χ0) is 18.7. The standard InChI is InChI=1S/C19H21N3O4/c1-20-18(25)16-8-14(17(24)21-15-6-7-15)10-22(19(16)26)9-12-2-4-13(11-23)5-3-12/h2-5,8,10,15,23H,6-7,9,11H2,1H3,(H,20,25)(H,21,24). The van der Waals surface area contributed by atoms with E-state index in [4.69, 9.17) is 5.11 Å². The molecule has 0 spiro atoms. The third-order valence-corrected chi connectivity index (χ3v) is 4.29. The van der Waals surface area contributed by atoms with Gasteiger partial charge in [-0.15, -0.1) is 0 Å². The first-order chi connectivity index (χ1) is 12.5. The molecule has 3 N–H and O–H groups in total. The van der Waals surface area contributed by atoms with Crippen LogP contribution in [0.25, 0.3) is 0 Å². The van der Waals surface area contributed by atoms with Gasteiger partial charge in [-0.3, -0.25) is 14.4 Å². The summed E-state index contributed by atoms with van der Waals surface area (Å²) in [5.41, 5.74) is 1.35. The molecule has 3 rings (SSSR count).